The number of benzene rings is 1. The van der Waals surface area contributed by atoms with Crippen LogP contribution in [0.3, 0.4) is 0 Å². The van der Waals surface area contributed by atoms with E-state index in [0.717, 1.165) is 18.4 Å². The molecule has 0 unspecified atom stereocenters. The number of carbonyl (C=O) groups excluding carboxylic acids is 1. The number of amides is 1. The van der Waals surface area contributed by atoms with Gasteiger partial charge in [0.05, 0.1) is 0 Å². The Kier molecular flexibility index (Phi) is 4.87. The summed E-state index contributed by atoms with van der Waals surface area (Å²) in [4.78, 5) is 11.4. The molecule has 0 heterocycles. The summed E-state index contributed by atoms with van der Waals surface area (Å²) in [7, 11) is 0. The Balaban J connectivity index is 1.67. The van der Waals surface area contributed by atoms with Crippen molar-refractivity contribution in [2.24, 2.45) is 0 Å². The first-order valence-corrected chi connectivity index (χ1v) is 6.85. The highest BCUT2D eigenvalue weighted by Crippen LogP contribution is 2.20. The van der Waals surface area contributed by atoms with Gasteiger partial charge in [-0.05, 0) is 36.6 Å². The molecule has 18 heavy (non-hydrogen) atoms. The lowest BCUT2D eigenvalue weighted by atomic mass is 10.2. The maximum Gasteiger partial charge on any atom is 0.221 e. The molecule has 2 rings (SSSR count). The molecule has 1 aromatic rings. The topological polar surface area (TPSA) is 41.1 Å². The Bertz CT molecular complexity index is 433. The molecule has 0 atom stereocenters. The first-order chi connectivity index (χ1) is 8.65. The Morgan fingerprint density at radius 1 is 1.33 bits per heavy atom. The molecule has 1 aliphatic carbocycles. The largest absolute Gasteiger partial charge is 0.353 e. The zero-order chi connectivity index (χ0) is 13.0. The molecule has 3 nitrogen and oxygen atoms in total. The smallest absolute Gasteiger partial charge is 0.221 e. The van der Waals surface area contributed by atoms with Crippen molar-refractivity contribution in [2.45, 2.75) is 31.8 Å². The van der Waals surface area contributed by atoms with E-state index in [9.17, 15) is 4.79 Å². The summed E-state index contributed by atoms with van der Waals surface area (Å²) in [5.74, 6) is 0.113. The molecule has 1 amide bonds. The zero-order valence-corrected chi connectivity index (χ0v) is 11.5. The van der Waals surface area contributed by atoms with Crippen molar-refractivity contribution in [3.05, 3.63) is 33.8 Å². The van der Waals surface area contributed by atoms with Gasteiger partial charge in [-0.25, -0.2) is 0 Å². The van der Waals surface area contributed by atoms with Crippen LogP contribution in [0.1, 0.15) is 24.8 Å². The fraction of sp³-hybridized carbons (Fsp3) is 0.462. The molecule has 1 aromatic carbocycles. The van der Waals surface area contributed by atoms with Gasteiger partial charge in [0.15, 0.2) is 0 Å². The molecule has 0 bridgehead atoms. The van der Waals surface area contributed by atoms with Gasteiger partial charge in [0.1, 0.15) is 0 Å². The third kappa shape index (κ3) is 4.48. The first kappa shape index (κ1) is 13.7. The lowest BCUT2D eigenvalue weighted by Crippen LogP contribution is -2.29. The van der Waals surface area contributed by atoms with E-state index in [4.69, 9.17) is 23.2 Å². The standard InChI is InChI=1S/C13H16Cl2N2O/c14-10-1-4-12(15)9(7-10)8-16-6-5-13(18)17-11-2-3-11/h1,4,7,11,16H,2-3,5-6,8H2,(H,17,18). The van der Waals surface area contributed by atoms with Gasteiger partial charge < -0.3 is 10.6 Å². The van der Waals surface area contributed by atoms with E-state index in [1.807, 2.05) is 6.07 Å². The van der Waals surface area contributed by atoms with Gasteiger partial charge in [-0.2, -0.15) is 0 Å². The first-order valence-electron chi connectivity index (χ1n) is 6.09. The SMILES string of the molecule is O=C(CCNCc1cc(Cl)ccc1Cl)NC1CC1. The van der Waals surface area contributed by atoms with E-state index < -0.39 is 0 Å². The summed E-state index contributed by atoms with van der Waals surface area (Å²) >= 11 is 11.9. The number of carbonyl (C=O) groups is 1. The zero-order valence-electron chi connectivity index (χ0n) is 10.0. The van der Waals surface area contributed by atoms with Crippen molar-refractivity contribution in [1.29, 1.82) is 0 Å². The Morgan fingerprint density at radius 2 is 2.11 bits per heavy atom. The van der Waals surface area contributed by atoms with Gasteiger partial charge in [0, 0.05) is 35.6 Å². The molecular formula is C13H16Cl2N2O. The molecule has 0 aliphatic heterocycles. The normalized spacial score (nSPS) is 14.6. The predicted molar refractivity (Wildman–Crippen MR) is 74.0 cm³/mol. The second-order valence-electron chi connectivity index (χ2n) is 4.50. The minimum atomic E-state index is 0.113. The van der Waals surface area contributed by atoms with E-state index in [1.54, 1.807) is 12.1 Å². The van der Waals surface area contributed by atoms with Crippen LogP contribution in [0.2, 0.25) is 10.0 Å². The maximum absolute atomic E-state index is 11.4. The van der Waals surface area contributed by atoms with Crippen molar-refractivity contribution < 1.29 is 4.79 Å². The molecule has 0 aromatic heterocycles. The second-order valence-corrected chi connectivity index (χ2v) is 5.35. The van der Waals surface area contributed by atoms with Crippen molar-refractivity contribution in [3.8, 4) is 0 Å². The van der Waals surface area contributed by atoms with Crippen LogP contribution < -0.4 is 10.6 Å². The molecule has 0 saturated heterocycles. The predicted octanol–water partition coefficient (Wildman–Crippen LogP) is 2.75. The highest BCUT2D eigenvalue weighted by Gasteiger charge is 2.22. The van der Waals surface area contributed by atoms with Gasteiger partial charge in [-0.15, -0.1) is 0 Å². The molecule has 2 N–H and O–H groups in total. The maximum atomic E-state index is 11.4. The second kappa shape index (κ2) is 6.41. The third-order valence-corrected chi connectivity index (χ3v) is 3.40. The highest BCUT2D eigenvalue weighted by molar-refractivity contribution is 6.33. The summed E-state index contributed by atoms with van der Waals surface area (Å²) in [6.07, 6.45) is 2.74. The van der Waals surface area contributed by atoms with Gasteiger partial charge in [-0.1, -0.05) is 23.2 Å². The Labute approximate surface area is 117 Å². The fourth-order valence-electron chi connectivity index (χ4n) is 1.63. The van der Waals surface area contributed by atoms with E-state index in [-0.39, 0.29) is 5.91 Å². The Hall–Kier alpha value is -0.770. The summed E-state index contributed by atoms with van der Waals surface area (Å²) in [6, 6.07) is 5.80. The van der Waals surface area contributed by atoms with Crippen LogP contribution in [0, 0.1) is 0 Å². The third-order valence-electron chi connectivity index (χ3n) is 2.79. The van der Waals surface area contributed by atoms with Crippen LogP contribution >= 0.6 is 23.2 Å². The van der Waals surface area contributed by atoms with Crippen LogP contribution in [-0.2, 0) is 11.3 Å². The lowest BCUT2D eigenvalue weighted by Gasteiger charge is -2.07. The van der Waals surface area contributed by atoms with Crippen LogP contribution in [0.25, 0.3) is 0 Å². The van der Waals surface area contributed by atoms with Crippen LogP contribution in [0.15, 0.2) is 18.2 Å². The fourth-order valence-corrected chi connectivity index (χ4v) is 2.01. The number of hydrogen-bond acceptors (Lipinski definition) is 2. The quantitative estimate of drug-likeness (QED) is 0.790. The summed E-state index contributed by atoms with van der Waals surface area (Å²) < 4.78 is 0. The van der Waals surface area contributed by atoms with Crippen molar-refractivity contribution >= 4 is 29.1 Å². The number of hydrogen-bond donors (Lipinski definition) is 2. The van der Waals surface area contributed by atoms with E-state index in [2.05, 4.69) is 10.6 Å². The van der Waals surface area contributed by atoms with Crippen LogP contribution in [0.5, 0.6) is 0 Å². The van der Waals surface area contributed by atoms with Crippen LogP contribution in [-0.4, -0.2) is 18.5 Å². The monoisotopic (exact) mass is 286 g/mol. The minimum absolute atomic E-state index is 0.113. The molecule has 0 spiro atoms. The summed E-state index contributed by atoms with van der Waals surface area (Å²) in [5, 5.41) is 7.50. The molecular weight excluding hydrogens is 271 g/mol. The average Bonchev–Trinajstić information content (AvgIpc) is 3.13. The number of rotatable bonds is 6. The Morgan fingerprint density at radius 3 is 2.83 bits per heavy atom. The summed E-state index contributed by atoms with van der Waals surface area (Å²) in [5.41, 5.74) is 0.951. The van der Waals surface area contributed by atoms with Gasteiger partial charge in [0.25, 0.3) is 0 Å². The lowest BCUT2D eigenvalue weighted by molar-refractivity contribution is -0.121. The van der Waals surface area contributed by atoms with Crippen LogP contribution in [0.4, 0.5) is 0 Å². The molecule has 1 aliphatic rings. The average molecular weight is 287 g/mol. The van der Waals surface area contributed by atoms with Gasteiger partial charge in [0.2, 0.25) is 5.91 Å². The van der Waals surface area contributed by atoms with E-state index in [1.165, 1.54) is 0 Å². The number of nitrogens with one attached hydrogen (secondary N) is 2. The molecule has 0 radical (unpaired) electrons. The van der Waals surface area contributed by atoms with E-state index in [0.29, 0.717) is 35.6 Å². The van der Waals surface area contributed by atoms with Crippen molar-refractivity contribution in [2.75, 3.05) is 6.54 Å². The summed E-state index contributed by atoms with van der Waals surface area (Å²) in [6.45, 7) is 1.26. The van der Waals surface area contributed by atoms with Gasteiger partial charge in [-0.3, -0.25) is 4.79 Å². The molecule has 1 saturated carbocycles. The van der Waals surface area contributed by atoms with Gasteiger partial charge >= 0.3 is 0 Å². The molecule has 98 valence electrons. The minimum Gasteiger partial charge on any atom is -0.353 e. The molecule has 5 heteroatoms. The van der Waals surface area contributed by atoms with E-state index >= 15 is 0 Å². The number of halogens is 2. The van der Waals surface area contributed by atoms with Crippen molar-refractivity contribution in [3.63, 3.8) is 0 Å². The molecule has 1 fully saturated rings. The van der Waals surface area contributed by atoms with Crippen molar-refractivity contribution in [1.82, 2.24) is 10.6 Å². The highest BCUT2D eigenvalue weighted by atomic mass is 35.5.